The number of carbonyl (C=O) groups excluding carboxylic acids is 1. The minimum Gasteiger partial charge on any atom is -0.466 e. The predicted octanol–water partition coefficient (Wildman–Crippen LogP) is 5.68. The molecule has 0 unspecified atom stereocenters. The number of ether oxygens (including phenoxy) is 1. The zero-order chi connectivity index (χ0) is 14.0. The van der Waals surface area contributed by atoms with Crippen LogP contribution in [0.3, 0.4) is 0 Å². The fourth-order valence-corrected chi connectivity index (χ4v) is 0.203. The molecule has 0 rings (SSSR count). The molecule has 0 aromatic heterocycles. The van der Waals surface area contributed by atoms with Gasteiger partial charge in [-0.3, -0.25) is 4.79 Å². The molecule has 0 amide bonds. The van der Waals surface area contributed by atoms with Crippen molar-refractivity contribution in [2.24, 2.45) is 0 Å². The van der Waals surface area contributed by atoms with Crippen LogP contribution >= 0.6 is 92.8 Å². The third-order valence-corrected chi connectivity index (χ3v) is 0.348. The van der Waals surface area contributed by atoms with Crippen LogP contribution in [0, 0.1) is 0 Å². The molecule has 0 atom stereocenters. The van der Waals surface area contributed by atoms with Gasteiger partial charge in [-0.05, 0) is 6.92 Å². The van der Waals surface area contributed by atoms with E-state index in [1.807, 2.05) is 0 Å². The number of hydrogen-bond donors (Lipinski definition) is 0. The summed E-state index contributed by atoms with van der Waals surface area (Å²) in [6, 6.07) is 0. The molecule has 100 valence electrons. The van der Waals surface area contributed by atoms with E-state index in [2.05, 4.69) is 4.74 Å². The lowest BCUT2D eigenvalue weighted by Gasteiger charge is -1.91. The summed E-state index contributed by atoms with van der Waals surface area (Å²) in [5, 5.41) is 0. The second-order valence-corrected chi connectivity index (χ2v) is 8.64. The van der Waals surface area contributed by atoms with Crippen molar-refractivity contribution in [2.45, 2.75) is 20.4 Å². The summed E-state index contributed by atoms with van der Waals surface area (Å²) >= 11 is 38.6. The Morgan fingerprint density at radius 2 is 1.12 bits per heavy atom. The molecule has 0 aliphatic rings. The Labute approximate surface area is 134 Å². The summed E-state index contributed by atoms with van der Waals surface area (Å²) in [6.45, 7) is 3.65. The summed E-state index contributed by atoms with van der Waals surface area (Å²) < 4.78 is 1.18. The number of rotatable bonds is 1. The smallest absolute Gasteiger partial charge is 0.302 e. The van der Waals surface area contributed by atoms with Gasteiger partial charge < -0.3 is 4.74 Å². The number of carbonyl (C=O) groups is 1. The predicted molar refractivity (Wildman–Crippen MR) is 74.6 cm³/mol. The molecule has 0 saturated carbocycles. The highest BCUT2D eigenvalue weighted by molar-refractivity contribution is 6.84. The summed E-state index contributed by atoms with van der Waals surface area (Å²) in [7, 11) is 0. The Balaban J connectivity index is -0.000000160. The topological polar surface area (TPSA) is 26.3 Å². The summed E-state index contributed by atoms with van der Waals surface area (Å²) in [6.07, 6.45) is 0. The second-order valence-electron chi connectivity index (χ2n) is 1.78. The average molecular weight is 396 g/mol. The zero-order valence-corrected chi connectivity index (χ0v) is 14.1. The van der Waals surface area contributed by atoms with Crippen LogP contribution in [0.1, 0.15) is 13.8 Å². The molecule has 0 saturated heterocycles. The van der Waals surface area contributed by atoms with Gasteiger partial charge in [-0.2, -0.15) is 0 Å². The molecule has 0 bridgehead atoms. The first-order chi connectivity index (χ1) is 6.77. The van der Waals surface area contributed by atoms with E-state index in [4.69, 9.17) is 92.8 Å². The van der Waals surface area contributed by atoms with Gasteiger partial charge in [0.25, 0.3) is 6.50 Å². The van der Waals surface area contributed by atoms with E-state index >= 15 is 0 Å². The van der Waals surface area contributed by atoms with E-state index in [9.17, 15) is 4.79 Å². The SMILES string of the molecule is CCOC(C)=O.ClC(Cl)(Cl)Cl.ClC(Cl)(Cl)Cl. The van der Waals surface area contributed by atoms with Crippen LogP contribution in [0.4, 0.5) is 0 Å². The van der Waals surface area contributed by atoms with Crippen LogP contribution in [-0.2, 0) is 9.53 Å². The van der Waals surface area contributed by atoms with E-state index in [1.54, 1.807) is 6.92 Å². The van der Waals surface area contributed by atoms with Crippen molar-refractivity contribution < 1.29 is 9.53 Å². The molecule has 2 nitrogen and oxygen atoms in total. The average Bonchev–Trinajstić information content (AvgIpc) is 1.76. The minimum atomic E-state index is -1.61. The van der Waals surface area contributed by atoms with Crippen molar-refractivity contribution in [3.05, 3.63) is 0 Å². The van der Waals surface area contributed by atoms with Gasteiger partial charge in [0.1, 0.15) is 0 Å². The number of alkyl halides is 8. The Morgan fingerprint density at radius 1 is 0.938 bits per heavy atom. The molecule has 10 heteroatoms. The second kappa shape index (κ2) is 11.9. The summed E-state index contributed by atoms with van der Waals surface area (Å²) in [4.78, 5) is 9.82. The Kier molecular flexibility index (Phi) is 17.0. The highest BCUT2D eigenvalue weighted by Crippen LogP contribution is 2.30. The van der Waals surface area contributed by atoms with Gasteiger partial charge in [0, 0.05) is 6.92 Å². The lowest BCUT2D eigenvalue weighted by Crippen LogP contribution is -1.95. The first-order valence-electron chi connectivity index (χ1n) is 3.42. The number of hydrogen-bond acceptors (Lipinski definition) is 2. The maximum Gasteiger partial charge on any atom is 0.302 e. The molecule has 0 aliphatic heterocycles. The Morgan fingerprint density at radius 3 is 1.12 bits per heavy atom. The first-order valence-corrected chi connectivity index (χ1v) is 6.44. The third-order valence-electron chi connectivity index (χ3n) is 0.348. The Bertz CT molecular complexity index is 148. The van der Waals surface area contributed by atoms with Gasteiger partial charge in [0.2, 0.25) is 0 Å². The van der Waals surface area contributed by atoms with Gasteiger partial charge in [-0.15, -0.1) is 0 Å². The molecule has 0 aromatic rings. The van der Waals surface area contributed by atoms with Crippen LogP contribution < -0.4 is 0 Å². The number of halogens is 8. The van der Waals surface area contributed by atoms with Crippen molar-refractivity contribution in [1.82, 2.24) is 0 Å². The van der Waals surface area contributed by atoms with Crippen LogP contribution in [0.2, 0.25) is 0 Å². The van der Waals surface area contributed by atoms with Crippen LogP contribution in [0.5, 0.6) is 0 Å². The lowest BCUT2D eigenvalue weighted by atomic mass is 10.8. The van der Waals surface area contributed by atoms with Gasteiger partial charge in [-0.25, -0.2) is 0 Å². The van der Waals surface area contributed by atoms with Crippen LogP contribution in [0.15, 0.2) is 0 Å². The van der Waals surface area contributed by atoms with E-state index in [0.29, 0.717) is 6.61 Å². The van der Waals surface area contributed by atoms with Crippen molar-refractivity contribution in [2.75, 3.05) is 6.61 Å². The van der Waals surface area contributed by atoms with Gasteiger partial charge in [0.15, 0.2) is 0 Å². The molecule has 0 aliphatic carbocycles. The molecular weight excluding hydrogens is 388 g/mol. The van der Waals surface area contributed by atoms with Crippen LogP contribution in [0.25, 0.3) is 0 Å². The standard InChI is InChI=1S/C4H8O2.2CCl4/c1-3-6-4(2)5;2*2-1(3,4)5/h3H2,1-2H3;;. The van der Waals surface area contributed by atoms with Crippen molar-refractivity contribution in [3.63, 3.8) is 0 Å². The minimum absolute atomic E-state index is 0.211. The Hall–Kier alpha value is 1.79. The highest BCUT2D eigenvalue weighted by Gasteiger charge is 2.11. The molecule has 0 N–H and O–H groups in total. The zero-order valence-electron chi connectivity index (χ0n) is 8.05. The van der Waals surface area contributed by atoms with E-state index in [0.717, 1.165) is 0 Å². The largest absolute Gasteiger partial charge is 0.466 e. The van der Waals surface area contributed by atoms with Gasteiger partial charge >= 0.3 is 5.97 Å². The summed E-state index contributed by atoms with van der Waals surface area (Å²) in [5.41, 5.74) is 0. The van der Waals surface area contributed by atoms with E-state index in [-0.39, 0.29) is 5.97 Å². The molecular formula is C6H8Cl8O2. The summed E-state index contributed by atoms with van der Waals surface area (Å²) in [5.74, 6) is -0.211. The van der Waals surface area contributed by atoms with E-state index < -0.39 is 6.50 Å². The fraction of sp³-hybridized carbons (Fsp3) is 0.833. The molecule has 0 radical (unpaired) electrons. The first kappa shape index (κ1) is 22.9. The van der Waals surface area contributed by atoms with Crippen molar-refractivity contribution in [3.8, 4) is 0 Å². The maximum absolute atomic E-state index is 9.82. The lowest BCUT2D eigenvalue weighted by molar-refractivity contribution is -0.140. The molecule has 0 fully saturated rings. The quantitative estimate of drug-likeness (QED) is 0.422. The maximum atomic E-state index is 9.82. The highest BCUT2D eigenvalue weighted by atomic mass is 35.6. The molecule has 0 aromatic carbocycles. The van der Waals surface area contributed by atoms with E-state index in [1.165, 1.54) is 6.92 Å². The monoisotopic (exact) mass is 392 g/mol. The van der Waals surface area contributed by atoms with Gasteiger partial charge in [0.05, 0.1) is 6.61 Å². The normalized spacial score (nSPS) is 10.4. The fourth-order valence-electron chi connectivity index (χ4n) is 0.203. The van der Waals surface area contributed by atoms with Crippen molar-refractivity contribution >= 4 is 98.8 Å². The third kappa shape index (κ3) is 151. The van der Waals surface area contributed by atoms with Crippen LogP contribution in [-0.4, -0.2) is 19.1 Å². The molecule has 16 heavy (non-hydrogen) atoms. The molecule has 0 spiro atoms. The van der Waals surface area contributed by atoms with Gasteiger partial charge in [-0.1, -0.05) is 92.8 Å². The molecule has 0 heterocycles. The van der Waals surface area contributed by atoms with Crippen molar-refractivity contribution in [1.29, 1.82) is 0 Å². The number of esters is 1.